The number of benzene rings is 1. The molecule has 0 atom stereocenters. The fourth-order valence-corrected chi connectivity index (χ4v) is 3.09. The zero-order chi connectivity index (χ0) is 15.3. The molecule has 0 unspecified atom stereocenters. The summed E-state index contributed by atoms with van der Waals surface area (Å²) in [5.41, 5.74) is 7.88. The summed E-state index contributed by atoms with van der Waals surface area (Å²) in [6.45, 7) is 1.45. The van der Waals surface area contributed by atoms with Gasteiger partial charge in [-0.2, -0.15) is 0 Å². The summed E-state index contributed by atoms with van der Waals surface area (Å²) in [5.74, 6) is 0.653. The van der Waals surface area contributed by atoms with Gasteiger partial charge in [0.25, 0.3) is 5.56 Å². The number of rotatable bonds is 2. The molecule has 0 aliphatic carbocycles. The number of nitrogen functional groups attached to an aromatic ring is 1. The molecule has 1 aromatic carbocycles. The van der Waals surface area contributed by atoms with Crippen LogP contribution in [0.4, 0.5) is 17.2 Å². The van der Waals surface area contributed by atoms with E-state index >= 15 is 0 Å². The van der Waals surface area contributed by atoms with Crippen LogP contribution in [0.1, 0.15) is 12.8 Å². The molecule has 0 saturated carbocycles. The van der Waals surface area contributed by atoms with Gasteiger partial charge in [0.05, 0.1) is 11.2 Å². The summed E-state index contributed by atoms with van der Waals surface area (Å²) >= 11 is 0. The third-order valence-corrected chi connectivity index (χ3v) is 4.22. The standard InChI is InChI=1S/C15H17N5O2/c16-14-13(15(22)20-8-2-1-7-19(14)20)18-10-3-4-11(21)9-5-6-17-12(9)10/h3-6,17-18,21H,1-2,7-8,16H2. The van der Waals surface area contributed by atoms with E-state index in [-0.39, 0.29) is 11.3 Å². The van der Waals surface area contributed by atoms with Gasteiger partial charge in [-0.15, -0.1) is 0 Å². The number of aromatic amines is 1. The number of nitrogens with one attached hydrogen (secondary N) is 2. The van der Waals surface area contributed by atoms with Gasteiger partial charge in [-0.05, 0) is 31.0 Å². The minimum Gasteiger partial charge on any atom is -0.507 e. The lowest BCUT2D eigenvalue weighted by Gasteiger charge is -2.17. The number of nitrogens with zero attached hydrogens (tertiary/aromatic N) is 2. The first kappa shape index (κ1) is 12.9. The lowest BCUT2D eigenvalue weighted by molar-refractivity contribution is 0.360. The minimum atomic E-state index is -0.106. The van der Waals surface area contributed by atoms with Crippen LogP contribution in [0.15, 0.2) is 29.2 Å². The third-order valence-electron chi connectivity index (χ3n) is 4.22. The molecule has 1 aliphatic rings. The van der Waals surface area contributed by atoms with Gasteiger partial charge in [-0.25, -0.2) is 4.68 Å². The zero-order valence-corrected chi connectivity index (χ0v) is 12.0. The van der Waals surface area contributed by atoms with Crippen molar-refractivity contribution in [3.05, 3.63) is 34.7 Å². The second-order valence-corrected chi connectivity index (χ2v) is 5.54. The second-order valence-electron chi connectivity index (χ2n) is 5.54. The molecule has 0 amide bonds. The van der Waals surface area contributed by atoms with Crippen molar-refractivity contribution in [2.24, 2.45) is 0 Å². The van der Waals surface area contributed by atoms with Crippen LogP contribution in [0.25, 0.3) is 10.9 Å². The number of phenolic OH excluding ortho intramolecular Hbond substituents is 1. The van der Waals surface area contributed by atoms with Crippen LogP contribution in [0.2, 0.25) is 0 Å². The van der Waals surface area contributed by atoms with Gasteiger partial charge in [-0.1, -0.05) is 0 Å². The molecule has 0 spiro atoms. The third kappa shape index (κ3) is 1.71. The van der Waals surface area contributed by atoms with E-state index in [2.05, 4.69) is 10.3 Å². The highest BCUT2D eigenvalue weighted by Crippen LogP contribution is 2.32. The summed E-state index contributed by atoms with van der Waals surface area (Å²) in [4.78, 5) is 15.6. The van der Waals surface area contributed by atoms with Gasteiger partial charge in [0.1, 0.15) is 17.3 Å². The number of hydrogen-bond acceptors (Lipinski definition) is 4. The van der Waals surface area contributed by atoms with Crippen LogP contribution in [0.5, 0.6) is 5.75 Å². The molecule has 7 heteroatoms. The van der Waals surface area contributed by atoms with Gasteiger partial charge in [0.15, 0.2) is 0 Å². The van der Waals surface area contributed by atoms with E-state index < -0.39 is 0 Å². The highest BCUT2D eigenvalue weighted by Gasteiger charge is 2.21. The molecule has 1 aliphatic heterocycles. The van der Waals surface area contributed by atoms with Crippen molar-refractivity contribution in [2.45, 2.75) is 25.9 Å². The minimum absolute atomic E-state index is 0.106. The number of nitrogens with two attached hydrogens (primary N) is 1. The molecule has 0 bridgehead atoms. The van der Waals surface area contributed by atoms with E-state index in [9.17, 15) is 9.90 Å². The van der Waals surface area contributed by atoms with Crippen LogP contribution in [-0.4, -0.2) is 19.5 Å². The largest absolute Gasteiger partial charge is 0.507 e. The molecule has 0 fully saturated rings. The Labute approximate surface area is 125 Å². The van der Waals surface area contributed by atoms with Crippen LogP contribution >= 0.6 is 0 Å². The summed E-state index contributed by atoms with van der Waals surface area (Å²) < 4.78 is 3.52. The predicted molar refractivity (Wildman–Crippen MR) is 85.6 cm³/mol. The van der Waals surface area contributed by atoms with Gasteiger partial charge < -0.3 is 21.1 Å². The maximum atomic E-state index is 12.5. The Balaban J connectivity index is 1.84. The molecular formula is C15H17N5O2. The van der Waals surface area contributed by atoms with Crippen molar-refractivity contribution in [3.8, 4) is 5.75 Å². The van der Waals surface area contributed by atoms with Crippen molar-refractivity contribution in [1.29, 1.82) is 0 Å². The Morgan fingerprint density at radius 2 is 1.95 bits per heavy atom. The van der Waals surface area contributed by atoms with Crippen molar-refractivity contribution >= 4 is 28.1 Å². The first-order valence-electron chi connectivity index (χ1n) is 7.32. The highest BCUT2D eigenvalue weighted by molar-refractivity contribution is 5.97. The lowest BCUT2D eigenvalue weighted by atomic mass is 10.2. The highest BCUT2D eigenvalue weighted by atomic mass is 16.3. The summed E-state index contributed by atoms with van der Waals surface area (Å²) in [7, 11) is 0. The Kier molecular flexibility index (Phi) is 2.69. The van der Waals surface area contributed by atoms with E-state index in [1.54, 1.807) is 29.1 Å². The number of phenols is 1. The molecule has 0 saturated heterocycles. The number of aromatic nitrogens is 3. The van der Waals surface area contributed by atoms with Crippen molar-refractivity contribution < 1.29 is 5.11 Å². The molecule has 4 rings (SSSR count). The molecule has 5 N–H and O–H groups in total. The topological polar surface area (TPSA) is 101 Å². The second kappa shape index (κ2) is 4.59. The zero-order valence-electron chi connectivity index (χ0n) is 12.0. The number of H-pyrrole nitrogens is 1. The Bertz CT molecular complexity index is 918. The number of fused-ring (bicyclic) bond motifs is 2. The monoisotopic (exact) mass is 299 g/mol. The number of aromatic hydroxyl groups is 1. The van der Waals surface area contributed by atoms with Gasteiger partial charge in [-0.3, -0.25) is 9.48 Å². The molecule has 7 nitrogen and oxygen atoms in total. The first-order valence-corrected chi connectivity index (χ1v) is 7.32. The number of hydrogen-bond donors (Lipinski definition) is 4. The maximum absolute atomic E-state index is 12.5. The van der Waals surface area contributed by atoms with E-state index in [0.717, 1.165) is 24.9 Å². The van der Waals surface area contributed by atoms with Crippen LogP contribution in [0, 0.1) is 0 Å². The lowest BCUT2D eigenvalue weighted by Crippen LogP contribution is -2.27. The molecule has 114 valence electrons. The normalized spacial score (nSPS) is 14.2. The molecule has 3 heterocycles. The van der Waals surface area contributed by atoms with Gasteiger partial charge >= 0.3 is 0 Å². The molecule has 3 aromatic rings. The Morgan fingerprint density at radius 3 is 2.73 bits per heavy atom. The van der Waals surface area contributed by atoms with E-state index in [0.29, 0.717) is 29.1 Å². The fourth-order valence-electron chi connectivity index (χ4n) is 3.09. The Hall–Kier alpha value is -2.83. The Morgan fingerprint density at radius 1 is 1.18 bits per heavy atom. The van der Waals surface area contributed by atoms with Crippen molar-refractivity contribution in [1.82, 2.24) is 14.3 Å². The first-order chi connectivity index (χ1) is 10.7. The summed E-state index contributed by atoms with van der Waals surface area (Å²) in [5, 5.41) is 13.7. The van der Waals surface area contributed by atoms with E-state index in [4.69, 9.17) is 5.73 Å². The predicted octanol–water partition coefficient (Wildman–Crippen LogP) is 1.96. The van der Waals surface area contributed by atoms with Crippen LogP contribution in [-0.2, 0) is 13.1 Å². The van der Waals surface area contributed by atoms with Gasteiger partial charge in [0, 0.05) is 24.7 Å². The average molecular weight is 299 g/mol. The van der Waals surface area contributed by atoms with Crippen molar-refractivity contribution in [2.75, 3.05) is 11.1 Å². The molecule has 22 heavy (non-hydrogen) atoms. The van der Waals surface area contributed by atoms with E-state index in [1.165, 1.54) is 0 Å². The smallest absolute Gasteiger partial charge is 0.292 e. The quantitative estimate of drug-likeness (QED) is 0.543. The van der Waals surface area contributed by atoms with Crippen LogP contribution in [0.3, 0.4) is 0 Å². The molecule has 0 radical (unpaired) electrons. The van der Waals surface area contributed by atoms with E-state index in [1.807, 2.05) is 4.68 Å². The summed E-state index contributed by atoms with van der Waals surface area (Å²) in [6, 6.07) is 5.12. The summed E-state index contributed by atoms with van der Waals surface area (Å²) in [6.07, 6.45) is 3.76. The number of anilines is 3. The SMILES string of the molecule is Nc1c(Nc2ccc(O)c3cc[nH]c23)c(=O)n2n1CCCC2. The average Bonchev–Trinajstić information content (AvgIpc) is 3.11. The maximum Gasteiger partial charge on any atom is 0.292 e. The fraction of sp³-hybridized carbons (Fsp3) is 0.267. The molecular weight excluding hydrogens is 282 g/mol. The van der Waals surface area contributed by atoms with Gasteiger partial charge in [0.2, 0.25) is 0 Å². The van der Waals surface area contributed by atoms with Crippen molar-refractivity contribution in [3.63, 3.8) is 0 Å². The molecule has 2 aromatic heterocycles. The van der Waals surface area contributed by atoms with Crippen LogP contribution < -0.4 is 16.6 Å².